The Hall–Kier alpha value is -1.54. The molecule has 1 nitrogen and oxygen atoms in total. The fraction of sp³-hybridized carbons (Fsp3) is 0.333. The van der Waals surface area contributed by atoms with E-state index in [9.17, 15) is 17.6 Å². The third kappa shape index (κ3) is 2.98. The van der Waals surface area contributed by atoms with Crippen LogP contribution in [0.3, 0.4) is 0 Å². The molecule has 1 N–H and O–H groups in total. The molecular formula is C12H11F4N. The van der Waals surface area contributed by atoms with Crippen LogP contribution < -0.4 is 5.32 Å². The number of hydrogen-bond donors (Lipinski definition) is 1. The van der Waals surface area contributed by atoms with Crippen molar-refractivity contribution in [2.24, 2.45) is 0 Å². The first-order valence-electron chi connectivity index (χ1n) is 4.97. The van der Waals surface area contributed by atoms with Gasteiger partial charge in [-0.15, -0.1) is 6.42 Å². The monoisotopic (exact) mass is 245 g/mol. The lowest BCUT2D eigenvalue weighted by Gasteiger charge is -2.16. The van der Waals surface area contributed by atoms with Gasteiger partial charge in [-0.05, 0) is 12.6 Å². The summed E-state index contributed by atoms with van der Waals surface area (Å²) >= 11 is 0. The predicted molar refractivity (Wildman–Crippen MR) is 56.7 cm³/mol. The number of terminal acetylenes is 1. The van der Waals surface area contributed by atoms with Crippen LogP contribution in [0, 0.1) is 18.2 Å². The Kier molecular flexibility index (Phi) is 4.13. The van der Waals surface area contributed by atoms with Crippen LogP contribution in [0.1, 0.15) is 24.1 Å². The Morgan fingerprint density at radius 1 is 1.41 bits per heavy atom. The molecular weight excluding hydrogens is 234 g/mol. The molecule has 1 atom stereocenters. The number of hydrogen-bond acceptors (Lipinski definition) is 1. The molecule has 92 valence electrons. The molecule has 0 fully saturated rings. The number of rotatable bonds is 3. The van der Waals surface area contributed by atoms with E-state index in [0.717, 1.165) is 6.07 Å². The summed E-state index contributed by atoms with van der Waals surface area (Å²) in [5.41, 5.74) is -1.46. The van der Waals surface area contributed by atoms with E-state index in [2.05, 4.69) is 11.2 Å². The van der Waals surface area contributed by atoms with Gasteiger partial charge in [0.25, 0.3) is 0 Å². The highest BCUT2D eigenvalue weighted by Gasteiger charge is 2.35. The first kappa shape index (κ1) is 13.5. The van der Waals surface area contributed by atoms with Crippen molar-refractivity contribution in [1.82, 2.24) is 5.32 Å². The van der Waals surface area contributed by atoms with Gasteiger partial charge in [-0.2, -0.15) is 13.2 Å². The van der Waals surface area contributed by atoms with Gasteiger partial charge in [0.2, 0.25) is 0 Å². The summed E-state index contributed by atoms with van der Waals surface area (Å²) in [6.07, 6.45) is 0.442. The Balaban J connectivity index is 3.24. The molecule has 1 unspecified atom stereocenters. The summed E-state index contributed by atoms with van der Waals surface area (Å²) in [4.78, 5) is 0. The molecule has 17 heavy (non-hydrogen) atoms. The fourth-order valence-electron chi connectivity index (χ4n) is 1.45. The minimum atomic E-state index is -4.72. The Morgan fingerprint density at radius 2 is 2.06 bits per heavy atom. The second kappa shape index (κ2) is 5.19. The van der Waals surface area contributed by atoms with E-state index in [0.29, 0.717) is 12.6 Å². The highest BCUT2D eigenvalue weighted by atomic mass is 19.4. The molecule has 0 spiro atoms. The lowest BCUT2D eigenvalue weighted by molar-refractivity contribution is -0.140. The van der Waals surface area contributed by atoms with Crippen LogP contribution in [0.15, 0.2) is 18.2 Å². The molecule has 1 aromatic rings. The van der Waals surface area contributed by atoms with Crippen molar-refractivity contribution in [2.45, 2.75) is 19.1 Å². The highest BCUT2D eigenvalue weighted by molar-refractivity contribution is 5.33. The van der Waals surface area contributed by atoms with Crippen molar-refractivity contribution in [3.05, 3.63) is 35.1 Å². The van der Waals surface area contributed by atoms with E-state index in [4.69, 9.17) is 6.42 Å². The van der Waals surface area contributed by atoms with Gasteiger partial charge in [0.05, 0.1) is 11.6 Å². The molecule has 0 radical (unpaired) electrons. The normalized spacial score (nSPS) is 13.2. The van der Waals surface area contributed by atoms with E-state index < -0.39 is 23.6 Å². The van der Waals surface area contributed by atoms with Gasteiger partial charge in [0, 0.05) is 5.56 Å². The molecule has 0 aliphatic heterocycles. The maximum absolute atomic E-state index is 13.7. The lowest BCUT2D eigenvalue weighted by Crippen LogP contribution is -2.21. The summed E-state index contributed by atoms with van der Waals surface area (Å²) in [7, 11) is 0. The predicted octanol–water partition coefficient (Wildman–Crippen LogP) is 3.13. The molecule has 1 aromatic carbocycles. The van der Waals surface area contributed by atoms with Gasteiger partial charge in [0.15, 0.2) is 0 Å². The Labute approximate surface area is 96.8 Å². The molecule has 0 amide bonds. The van der Waals surface area contributed by atoms with Crippen LogP contribution in [0.4, 0.5) is 17.6 Å². The number of halogens is 4. The van der Waals surface area contributed by atoms with Gasteiger partial charge >= 0.3 is 6.18 Å². The van der Waals surface area contributed by atoms with Crippen molar-refractivity contribution >= 4 is 0 Å². The first-order valence-corrected chi connectivity index (χ1v) is 4.97. The van der Waals surface area contributed by atoms with E-state index in [1.54, 1.807) is 6.92 Å². The Morgan fingerprint density at radius 3 is 2.53 bits per heavy atom. The minimum Gasteiger partial charge on any atom is -0.300 e. The molecule has 0 saturated heterocycles. The molecule has 0 aromatic heterocycles. The number of benzene rings is 1. The van der Waals surface area contributed by atoms with Crippen LogP contribution in [-0.4, -0.2) is 6.54 Å². The summed E-state index contributed by atoms with van der Waals surface area (Å²) < 4.78 is 51.1. The van der Waals surface area contributed by atoms with Crippen molar-refractivity contribution in [1.29, 1.82) is 0 Å². The molecule has 1 rings (SSSR count). The second-order valence-corrected chi connectivity index (χ2v) is 3.36. The zero-order valence-electron chi connectivity index (χ0n) is 9.11. The van der Waals surface area contributed by atoms with Gasteiger partial charge in [0.1, 0.15) is 5.82 Å². The topological polar surface area (TPSA) is 12.0 Å². The van der Waals surface area contributed by atoms with Crippen molar-refractivity contribution in [3.63, 3.8) is 0 Å². The third-order valence-electron chi connectivity index (χ3n) is 2.22. The summed E-state index contributed by atoms with van der Waals surface area (Å²) in [6.45, 7) is 2.17. The SMILES string of the molecule is C#CC(NCC)c1cccc(C(F)(F)F)c1F. The van der Waals surface area contributed by atoms with Crippen LogP contribution >= 0.6 is 0 Å². The minimum absolute atomic E-state index is 0.163. The van der Waals surface area contributed by atoms with Crippen LogP contribution in [-0.2, 0) is 6.18 Å². The molecule has 0 heterocycles. The average molecular weight is 245 g/mol. The fourth-order valence-corrected chi connectivity index (χ4v) is 1.45. The van der Waals surface area contributed by atoms with Crippen molar-refractivity contribution < 1.29 is 17.6 Å². The Bertz CT molecular complexity index is 431. The second-order valence-electron chi connectivity index (χ2n) is 3.36. The van der Waals surface area contributed by atoms with Crippen LogP contribution in [0.2, 0.25) is 0 Å². The van der Waals surface area contributed by atoms with E-state index >= 15 is 0 Å². The summed E-state index contributed by atoms with van der Waals surface area (Å²) in [6, 6.07) is 2.22. The van der Waals surface area contributed by atoms with Crippen molar-refractivity contribution in [2.75, 3.05) is 6.54 Å². The summed E-state index contributed by atoms with van der Waals surface area (Å²) in [5, 5.41) is 2.72. The quantitative estimate of drug-likeness (QED) is 0.637. The lowest BCUT2D eigenvalue weighted by atomic mass is 10.0. The highest BCUT2D eigenvalue weighted by Crippen LogP contribution is 2.33. The van der Waals surface area contributed by atoms with Gasteiger partial charge in [-0.1, -0.05) is 25.0 Å². The molecule has 0 bridgehead atoms. The zero-order valence-corrected chi connectivity index (χ0v) is 9.11. The first-order chi connectivity index (χ1) is 7.91. The average Bonchev–Trinajstić information content (AvgIpc) is 2.25. The van der Waals surface area contributed by atoms with Gasteiger partial charge in [-0.25, -0.2) is 4.39 Å². The third-order valence-corrected chi connectivity index (χ3v) is 2.22. The molecule has 0 aliphatic carbocycles. The van der Waals surface area contributed by atoms with E-state index in [1.165, 1.54) is 6.07 Å². The smallest absolute Gasteiger partial charge is 0.300 e. The van der Waals surface area contributed by atoms with Gasteiger partial charge in [-0.3, -0.25) is 0 Å². The van der Waals surface area contributed by atoms with Crippen LogP contribution in [0.5, 0.6) is 0 Å². The molecule has 0 saturated carbocycles. The van der Waals surface area contributed by atoms with E-state index in [-0.39, 0.29) is 5.56 Å². The van der Waals surface area contributed by atoms with Crippen LogP contribution in [0.25, 0.3) is 0 Å². The number of alkyl halides is 3. The summed E-state index contributed by atoms with van der Waals surface area (Å²) in [5.74, 6) is 0.904. The van der Waals surface area contributed by atoms with Crippen molar-refractivity contribution in [3.8, 4) is 12.3 Å². The maximum Gasteiger partial charge on any atom is 0.419 e. The largest absolute Gasteiger partial charge is 0.419 e. The van der Waals surface area contributed by atoms with Gasteiger partial charge < -0.3 is 5.32 Å². The standard InChI is InChI=1S/C12H11F4N/c1-3-10(17-4-2)8-6-5-7-9(11(8)13)12(14,15)16/h1,5-7,10,17H,4H2,2H3. The zero-order chi connectivity index (χ0) is 13.1. The van der Waals surface area contributed by atoms with E-state index in [1.807, 2.05) is 0 Å². The molecule has 0 aliphatic rings. The number of nitrogens with one attached hydrogen (secondary N) is 1. The maximum atomic E-state index is 13.7. The molecule has 5 heteroatoms.